The summed E-state index contributed by atoms with van der Waals surface area (Å²) in [6.45, 7) is 2.92. The molecule has 0 spiro atoms. The van der Waals surface area contributed by atoms with Crippen molar-refractivity contribution < 1.29 is 19.5 Å². The zero-order valence-corrected chi connectivity index (χ0v) is 7.44. The van der Waals surface area contributed by atoms with E-state index in [9.17, 15) is 9.90 Å². The maximum Gasteiger partial charge on any atom is 0.335 e. The van der Waals surface area contributed by atoms with Crippen LogP contribution in [0.4, 0.5) is 0 Å². The van der Waals surface area contributed by atoms with E-state index < -0.39 is 11.6 Å². The third kappa shape index (κ3) is 2.29. The van der Waals surface area contributed by atoms with Gasteiger partial charge in [0, 0.05) is 12.5 Å². The first-order chi connectivity index (χ1) is 5.92. The number of hydrogen-bond acceptors (Lipinski definition) is 4. The third-order valence-electron chi connectivity index (χ3n) is 1.66. The van der Waals surface area contributed by atoms with Gasteiger partial charge in [-0.1, -0.05) is 5.16 Å². The molecule has 0 fully saturated rings. The van der Waals surface area contributed by atoms with E-state index in [0.717, 1.165) is 0 Å². The first-order valence-corrected chi connectivity index (χ1v) is 3.80. The molecule has 0 bridgehead atoms. The van der Waals surface area contributed by atoms with Crippen molar-refractivity contribution in [1.82, 2.24) is 5.16 Å². The normalized spacial score (nSPS) is 15.3. The fourth-order valence-corrected chi connectivity index (χ4v) is 0.930. The second kappa shape index (κ2) is 3.18. The van der Waals surface area contributed by atoms with E-state index in [2.05, 4.69) is 5.16 Å². The Morgan fingerprint density at radius 2 is 2.38 bits per heavy atom. The number of carbonyl (C=O) groups is 1. The zero-order valence-electron chi connectivity index (χ0n) is 7.44. The molecule has 0 aliphatic rings. The Kier molecular flexibility index (Phi) is 2.38. The van der Waals surface area contributed by atoms with Crippen LogP contribution in [0.2, 0.25) is 0 Å². The lowest BCUT2D eigenvalue weighted by Crippen LogP contribution is -2.37. The van der Waals surface area contributed by atoms with Crippen LogP contribution >= 0.6 is 0 Å². The van der Waals surface area contributed by atoms with Gasteiger partial charge >= 0.3 is 5.97 Å². The van der Waals surface area contributed by atoms with Gasteiger partial charge in [0.15, 0.2) is 5.60 Å². The van der Waals surface area contributed by atoms with Crippen molar-refractivity contribution in [1.29, 1.82) is 0 Å². The topological polar surface area (TPSA) is 83.6 Å². The highest BCUT2D eigenvalue weighted by Crippen LogP contribution is 2.13. The first kappa shape index (κ1) is 9.73. The van der Waals surface area contributed by atoms with Crippen LogP contribution in [0.3, 0.4) is 0 Å². The van der Waals surface area contributed by atoms with Gasteiger partial charge in [0.1, 0.15) is 5.76 Å². The summed E-state index contributed by atoms with van der Waals surface area (Å²) in [5.74, 6) is -0.677. The monoisotopic (exact) mass is 185 g/mol. The van der Waals surface area contributed by atoms with Crippen molar-refractivity contribution in [2.24, 2.45) is 0 Å². The Labute approximate surface area is 75.0 Å². The van der Waals surface area contributed by atoms with Gasteiger partial charge in [-0.2, -0.15) is 0 Å². The molecule has 1 heterocycles. The number of rotatable bonds is 3. The van der Waals surface area contributed by atoms with Gasteiger partial charge in [0.25, 0.3) is 0 Å². The highest BCUT2D eigenvalue weighted by Gasteiger charge is 2.31. The summed E-state index contributed by atoms with van der Waals surface area (Å²) in [5.41, 5.74) is -1.35. The van der Waals surface area contributed by atoms with Crippen LogP contribution in [-0.4, -0.2) is 26.9 Å². The molecule has 5 nitrogen and oxygen atoms in total. The average Bonchev–Trinajstić information content (AvgIpc) is 2.34. The van der Waals surface area contributed by atoms with E-state index in [4.69, 9.17) is 9.63 Å². The van der Waals surface area contributed by atoms with Crippen molar-refractivity contribution in [3.8, 4) is 0 Å². The third-order valence-corrected chi connectivity index (χ3v) is 1.66. The molecule has 72 valence electrons. The minimum atomic E-state index is -1.79. The molecule has 1 atom stereocenters. The molecule has 1 aromatic heterocycles. The first-order valence-electron chi connectivity index (χ1n) is 3.80. The van der Waals surface area contributed by atoms with Crippen molar-refractivity contribution in [3.05, 3.63) is 17.5 Å². The minimum Gasteiger partial charge on any atom is -0.479 e. The number of hydrogen-bond donors (Lipinski definition) is 2. The number of aliphatic hydroxyl groups is 1. The number of aromatic nitrogens is 1. The molecule has 1 rings (SSSR count). The van der Waals surface area contributed by atoms with Crippen LogP contribution in [0.1, 0.15) is 18.4 Å². The van der Waals surface area contributed by atoms with Gasteiger partial charge in [-0.25, -0.2) is 4.79 Å². The van der Waals surface area contributed by atoms with E-state index in [0.29, 0.717) is 11.5 Å². The fourth-order valence-electron chi connectivity index (χ4n) is 0.930. The van der Waals surface area contributed by atoms with Gasteiger partial charge in [0.2, 0.25) is 0 Å². The van der Waals surface area contributed by atoms with Crippen molar-refractivity contribution in [3.63, 3.8) is 0 Å². The molecule has 1 aromatic rings. The highest BCUT2D eigenvalue weighted by atomic mass is 16.5. The number of aliphatic carboxylic acids is 1. The second-order valence-corrected chi connectivity index (χ2v) is 3.18. The van der Waals surface area contributed by atoms with E-state index in [1.54, 1.807) is 13.0 Å². The van der Waals surface area contributed by atoms with Crippen molar-refractivity contribution >= 4 is 5.97 Å². The van der Waals surface area contributed by atoms with E-state index in [-0.39, 0.29) is 6.42 Å². The SMILES string of the molecule is Cc1cc(CC(C)(O)C(=O)O)no1. The molecule has 1 unspecified atom stereocenters. The molecule has 0 aliphatic heterocycles. The van der Waals surface area contributed by atoms with Gasteiger partial charge < -0.3 is 14.7 Å². The number of carboxylic acids is 1. The Hall–Kier alpha value is -1.36. The lowest BCUT2D eigenvalue weighted by atomic mass is 10.0. The number of aryl methyl sites for hydroxylation is 1. The molecule has 0 saturated carbocycles. The van der Waals surface area contributed by atoms with Crippen LogP contribution < -0.4 is 0 Å². The van der Waals surface area contributed by atoms with E-state index in [1.807, 2.05) is 0 Å². The van der Waals surface area contributed by atoms with Crippen LogP contribution in [0, 0.1) is 6.92 Å². The Balaban J connectivity index is 2.74. The minimum absolute atomic E-state index is 0.0559. The molecule has 0 aromatic carbocycles. The summed E-state index contributed by atoms with van der Waals surface area (Å²) in [6, 6.07) is 1.59. The summed E-state index contributed by atoms with van der Waals surface area (Å²) >= 11 is 0. The average molecular weight is 185 g/mol. The molecular formula is C8H11NO4. The molecule has 0 radical (unpaired) electrons. The molecule has 2 N–H and O–H groups in total. The smallest absolute Gasteiger partial charge is 0.335 e. The van der Waals surface area contributed by atoms with Crippen LogP contribution in [0.15, 0.2) is 10.6 Å². The van der Waals surface area contributed by atoms with Gasteiger partial charge in [-0.05, 0) is 13.8 Å². The lowest BCUT2D eigenvalue weighted by Gasteiger charge is -2.15. The highest BCUT2D eigenvalue weighted by molar-refractivity contribution is 5.76. The molecule has 13 heavy (non-hydrogen) atoms. The summed E-state index contributed by atoms with van der Waals surface area (Å²) in [4.78, 5) is 10.5. The quantitative estimate of drug-likeness (QED) is 0.710. The van der Waals surface area contributed by atoms with Crippen molar-refractivity contribution in [2.45, 2.75) is 25.9 Å². The molecule has 5 heteroatoms. The van der Waals surface area contributed by atoms with Gasteiger partial charge in [-0.15, -0.1) is 0 Å². The summed E-state index contributed by atoms with van der Waals surface area (Å²) < 4.78 is 4.74. The predicted octanol–water partition coefficient (Wildman–Crippen LogP) is 0.361. The van der Waals surface area contributed by atoms with Crippen LogP contribution in [0.25, 0.3) is 0 Å². The standard InChI is InChI=1S/C8H11NO4/c1-5-3-6(9-13-5)4-8(2,12)7(10)11/h3,12H,4H2,1-2H3,(H,10,11). The second-order valence-electron chi connectivity index (χ2n) is 3.18. The Morgan fingerprint density at radius 3 is 2.77 bits per heavy atom. The van der Waals surface area contributed by atoms with Crippen LogP contribution in [0.5, 0.6) is 0 Å². The Bertz CT molecular complexity index is 316. The van der Waals surface area contributed by atoms with Gasteiger partial charge in [-0.3, -0.25) is 0 Å². The van der Waals surface area contributed by atoms with Crippen molar-refractivity contribution in [2.75, 3.05) is 0 Å². The van der Waals surface area contributed by atoms with Gasteiger partial charge in [0.05, 0.1) is 5.69 Å². The Morgan fingerprint density at radius 1 is 1.77 bits per heavy atom. The lowest BCUT2D eigenvalue weighted by molar-refractivity contribution is -0.156. The zero-order chi connectivity index (χ0) is 10.1. The van der Waals surface area contributed by atoms with Crippen LogP contribution in [-0.2, 0) is 11.2 Å². The fraction of sp³-hybridized carbons (Fsp3) is 0.500. The molecule has 0 amide bonds. The predicted molar refractivity (Wildman–Crippen MR) is 43.2 cm³/mol. The maximum absolute atomic E-state index is 10.5. The molecular weight excluding hydrogens is 174 g/mol. The summed E-state index contributed by atoms with van der Waals surface area (Å²) in [7, 11) is 0. The summed E-state index contributed by atoms with van der Waals surface area (Å²) in [6.07, 6.45) is -0.0559. The maximum atomic E-state index is 10.5. The molecule has 0 saturated heterocycles. The summed E-state index contributed by atoms with van der Waals surface area (Å²) in [5, 5.41) is 21.6. The number of carboxylic acid groups (broad SMARTS) is 1. The largest absolute Gasteiger partial charge is 0.479 e. The van der Waals surface area contributed by atoms with E-state index in [1.165, 1.54) is 6.92 Å². The van der Waals surface area contributed by atoms with E-state index >= 15 is 0 Å². The molecule has 0 aliphatic carbocycles. The number of nitrogens with zero attached hydrogens (tertiary/aromatic N) is 1.